The molecule has 2 atom stereocenters. The quantitative estimate of drug-likeness (QED) is 0.214. The van der Waals surface area contributed by atoms with Gasteiger partial charge in [0, 0.05) is 0 Å². The Balaban J connectivity index is 2.05. The molecule has 212 valence electrons. The average Bonchev–Trinajstić information content (AvgIpc) is 2.85. The van der Waals surface area contributed by atoms with E-state index in [1.54, 1.807) is 60.7 Å². The largest absolute Gasteiger partial charge is 0.410 e. The van der Waals surface area contributed by atoms with E-state index in [2.05, 4.69) is 25.5 Å². The first-order valence-electron chi connectivity index (χ1n) is 12.8. The normalized spacial score (nSPS) is 14.6. The van der Waals surface area contributed by atoms with E-state index in [0.29, 0.717) is 5.56 Å². The lowest BCUT2D eigenvalue weighted by Gasteiger charge is -2.41. The average molecular weight is 590 g/mol. The Morgan fingerprint density at radius 1 is 0.769 bits per heavy atom. The summed E-state index contributed by atoms with van der Waals surface area (Å²) in [6, 6.07) is 21.0. The van der Waals surface area contributed by atoms with Crippen LogP contribution in [0.25, 0.3) is 0 Å². The minimum atomic E-state index is -4.12. The number of sulfonamides is 1. The first kappa shape index (κ1) is 31.2. The fourth-order valence-corrected chi connectivity index (χ4v) is 7.14. The summed E-state index contributed by atoms with van der Waals surface area (Å²) in [6.07, 6.45) is -0.936. The highest BCUT2D eigenvalue weighted by atomic mass is 32.2. The monoisotopic (exact) mass is 589 g/mol. The first-order chi connectivity index (χ1) is 18.0. The Bertz CT molecular complexity index is 1450. The SMILES string of the molecule is Cc1ccc(S(=O)(=O)N[C@H](c2ccccc2)[C@H](COS(=O)(=O)c2ccc(C)cc2)O[Si](C)(C)C(C)(C)C)cc1. The van der Waals surface area contributed by atoms with Crippen LogP contribution in [0.2, 0.25) is 18.1 Å². The summed E-state index contributed by atoms with van der Waals surface area (Å²) in [6.45, 7) is 13.6. The molecule has 3 aromatic rings. The molecule has 0 amide bonds. The number of nitrogens with one attached hydrogen (secondary N) is 1. The number of hydrogen-bond acceptors (Lipinski definition) is 6. The molecule has 0 aliphatic carbocycles. The van der Waals surface area contributed by atoms with Gasteiger partial charge in [0.1, 0.15) is 0 Å². The summed E-state index contributed by atoms with van der Waals surface area (Å²) in [5.41, 5.74) is 2.48. The van der Waals surface area contributed by atoms with Gasteiger partial charge >= 0.3 is 0 Å². The summed E-state index contributed by atoms with van der Waals surface area (Å²) < 4.78 is 68.3. The Hall–Kier alpha value is -2.34. The Labute approximate surface area is 234 Å². The van der Waals surface area contributed by atoms with Crippen molar-refractivity contribution < 1.29 is 25.4 Å². The van der Waals surface area contributed by atoms with Gasteiger partial charge in [-0.25, -0.2) is 13.1 Å². The molecule has 0 spiro atoms. The summed E-state index contributed by atoms with van der Waals surface area (Å²) in [5, 5.41) is -0.224. The third-order valence-corrected chi connectivity index (χ3v) is 14.4. The number of benzene rings is 3. The molecule has 0 saturated carbocycles. The summed E-state index contributed by atoms with van der Waals surface area (Å²) in [7, 11) is -10.6. The summed E-state index contributed by atoms with van der Waals surface area (Å²) >= 11 is 0. The molecule has 0 bridgehead atoms. The molecule has 0 unspecified atom stereocenters. The van der Waals surface area contributed by atoms with E-state index in [-0.39, 0.29) is 21.4 Å². The second-order valence-corrected chi connectivity index (χ2v) is 19.4. The molecule has 39 heavy (non-hydrogen) atoms. The zero-order valence-corrected chi connectivity index (χ0v) is 26.3. The van der Waals surface area contributed by atoms with Crippen LogP contribution < -0.4 is 4.72 Å². The predicted octanol–water partition coefficient (Wildman–Crippen LogP) is 6.12. The van der Waals surface area contributed by atoms with E-state index in [0.717, 1.165) is 11.1 Å². The van der Waals surface area contributed by atoms with E-state index >= 15 is 0 Å². The summed E-state index contributed by atoms with van der Waals surface area (Å²) in [4.78, 5) is 0.129. The fraction of sp³-hybridized carbons (Fsp3) is 0.379. The lowest BCUT2D eigenvalue weighted by molar-refractivity contribution is 0.0910. The highest BCUT2D eigenvalue weighted by molar-refractivity contribution is 7.89. The van der Waals surface area contributed by atoms with Crippen LogP contribution in [-0.2, 0) is 28.8 Å². The molecule has 7 nitrogen and oxygen atoms in total. The van der Waals surface area contributed by atoms with Crippen LogP contribution in [0.1, 0.15) is 43.5 Å². The van der Waals surface area contributed by atoms with E-state index in [1.807, 2.05) is 33.0 Å². The van der Waals surface area contributed by atoms with Crippen LogP contribution in [0, 0.1) is 13.8 Å². The van der Waals surface area contributed by atoms with Crippen molar-refractivity contribution in [2.45, 2.75) is 74.7 Å². The van der Waals surface area contributed by atoms with Gasteiger partial charge in [0.25, 0.3) is 10.1 Å². The number of rotatable bonds is 11. The Morgan fingerprint density at radius 3 is 1.74 bits per heavy atom. The minimum absolute atomic E-state index is 0.0238. The maximum absolute atomic E-state index is 13.5. The number of aryl methyl sites for hydroxylation is 2. The van der Waals surface area contributed by atoms with Crippen LogP contribution in [0.5, 0.6) is 0 Å². The van der Waals surface area contributed by atoms with Gasteiger partial charge in [0.2, 0.25) is 10.0 Å². The van der Waals surface area contributed by atoms with Crippen molar-refractivity contribution in [2.24, 2.45) is 0 Å². The van der Waals surface area contributed by atoms with Gasteiger partial charge in [0.05, 0.1) is 28.5 Å². The van der Waals surface area contributed by atoms with Crippen molar-refractivity contribution in [3.05, 3.63) is 95.6 Å². The van der Waals surface area contributed by atoms with Crippen LogP contribution in [0.4, 0.5) is 0 Å². The van der Waals surface area contributed by atoms with Gasteiger partial charge in [0.15, 0.2) is 8.32 Å². The highest BCUT2D eigenvalue weighted by Crippen LogP contribution is 2.39. The zero-order chi connectivity index (χ0) is 29.1. The Morgan fingerprint density at radius 2 is 1.26 bits per heavy atom. The molecule has 0 aliphatic heterocycles. The second-order valence-electron chi connectivity index (χ2n) is 11.3. The number of hydrogen-bond donors (Lipinski definition) is 1. The van der Waals surface area contributed by atoms with Gasteiger partial charge in [-0.1, -0.05) is 86.5 Å². The summed E-state index contributed by atoms with van der Waals surface area (Å²) in [5.74, 6) is 0. The Kier molecular flexibility index (Phi) is 9.62. The van der Waals surface area contributed by atoms with Crippen molar-refractivity contribution in [3.63, 3.8) is 0 Å². The molecule has 0 aromatic heterocycles. The standard InChI is InChI=1S/C29H39NO6S2Si/c1-22-13-17-25(18-14-22)37(31,32)30-28(24-11-9-8-10-12-24)27(36-39(6,7)29(3,4)5)21-35-38(33,34)26-19-15-23(2)16-20-26/h8-20,27-28,30H,21H2,1-7H3/t27-,28+/m0/s1. The third kappa shape index (κ3) is 8.09. The molecular weight excluding hydrogens is 551 g/mol. The molecule has 3 aromatic carbocycles. The van der Waals surface area contributed by atoms with Crippen molar-refractivity contribution in [2.75, 3.05) is 6.61 Å². The van der Waals surface area contributed by atoms with Crippen molar-refractivity contribution in [1.29, 1.82) is 0 Å². The predicted molar refractivity (Wildman–Crippen MR) is 157 cm³/mol. The van der Waals surface area contributed by atoms with Gasteiger partial charge in [-0.15, -0.1) is 0 Å². The highest BCUT2D eigenvalue weighted by Gasteiger charge is 2.42. The van der Waals surface area contributed by atoms with Gasteiger partial charge in [-0.3, -0.25) is 4.18 Å². The fourth-order valence-electron chi connectivity index (χ4n) is 3.65. The molecule has 0 radical (unpaired) electrons. The van der Waals surface area contributed by atoms with Crippen molar-refractivity contribution in [1.82, 2.24) is 4.72 Å². The van der Waals surface area contributed by atoms with Crippen LogP contribution in [0.15, 0.2) is 88.7 Å². The third-order valence-electron chi connectivity index (χ3n) is 7.09. The molecule has 3 rings (SSSR count). The zero-order valence-electron chi connectivity index (χ0n) is 23.6. The van der Waals surface area contributed by atoms with Crippen LogP contribution in [0.3, 0.4) is 0 Å². The topological polar surface area (TPSA) is 98.8 Å². The maximum atomic E-state index is 13.5. The minimum Gasteiger partial charge on any atom is -0.410 e. The molecule has 0 saturated heterocycles. The molecular formula is C29H39NO6S2Si. The van der Waals surface area contributed by atoms with E-state index in [9.17, 15) is 16.8 Å². The van der Waals surface area contributed by atoms with Gasteiger partial charge in [-0.05, 0) is 61.8 Å². The second kappa shape index (κ2) is 12.0. The molecule has 1 N–H and O–H groups in total. The van der Waals surface area contributed by atoms with Crippen LogP contribution >= 0.6 is 0 Å². The smallest absolute Gasteiger partial charge is 0.297 e. The molecule has 0 aliphatic rings. The van der Waals surface area contributed by atoms with Crippen molar-refractivity contribution >= 4 is 28.5 Å². The molecule has 10 heteroatoms. The van der Waals surface area contributed by atoms with Gasteiger partial charge in [-0.2, -0.15) is 8.42 Å². The van der Waals surface area contributed by atoms with Gasteiger partial charge < -0.3 is 4.43 Å². The van der Waals surface area contributed by atoms with Crippen LogP contribution in [-0.4, -0.2) is 37.9 Å². The van der Waals surface area contributed by atoms with Crippen molar-refractivity contribution in [3.8, 4) is 0 Å². The van der Waals surface area contributed by atoms with E-state index < -0.39 is 40.6 Å². The maximum Gasteiger partial charge on any atom is 0.297 e. The molecule has 0 heterocycles. The lowest BCUT2D eigenvalue weighted by atomic mass is 10.0. The molecule has 0 fully saturated rings. The van der Waals surface area contributed by atoms with E-state index in [4.69, 9.17) is 8.61 Å². The lowest BCUT2D eigenvalue weighted by Crippen LogP contribution is -2.50. The van der Waals surface area contributed by atoms with E-state index in [1.165, 1.54) is 12.1 Å². The first-order valence-corrected chi connectivity index (χ1v) is 18.6.